The van der Waals surface area contributed by atoms with Gasteiger partial charge < -0.3 is 10.2 Å². The van der Waals surface area contributed by atoms with Crippen LogP contribution in [0.4, 0.5) is 0 Å². The second-order valence-electron chi connectivity index (χ2n) is 7.26. The summed E-state index contributed by atoms with van der Waals surface area (Å²) in [6.07, 6.45) is 6.05. The molecular formula is C19H27N3O4. The van der Waals surface area contributed by atoms with Gasteiger partial charge in [0.15, 0.2) is 0 Å². The number of hydrazine groups is 2. The van der Waals surface area contributed by atoms with Crippen molar-refractivity contribution in [1.29, 1.82) is 0 Å². The number of aryl methyl sites for hydroxylation is 1. The van der Waals surface area contributed by atoms with E-state index in [2.05, 4.69) is 5.43 Å². The first-order valence-corrected chi connectivity index (χ1v) is 9.33. The molecule has 0 radical (unpaired) electrons. The lowest BCUT2D eigenvalue weighted by Gasteiger charge is -2.30. The van der Waals surface area contributed by atoms with Crippen LogP contribution in [0.25, 0.3) is 0 Å². The molecule has 0 spiro atoms. The Kier molecular flexibility index (Phi) is 5.90. The van der Waals surface area contributed by atoms with Gasteiger partial charge in [0.05, 0.1) is 17.7 Å². The molecule has 142 valence electrons. The van der Waals surface area contributed by atoms with Crippen molar-refractivity contribution in [2.75, 3.05) is 19.6 Å². The number of hydrogen-bond donors (Lipinski definition) is 3. The number of benzene rings is 1. The zero-order chi connectivity index (χ0) is 18.6. The molecule has 0 unspecified atom stereocenters. The van der Waals surface area contributed by atoms with Gasteiger partial charge in [-0.05, 0) is 49.8 Å². The minimum absolute atomic E-state index is 0.0393. The average molecular weight is 361 g/mol. The largest absolute Gasteiger partial charge is 0.478 e. The monoisotopic (exact) mass is 361 g/mol. The highest BCUT2D eigenvalue weighted by Gasteiger charge is 2.34. The Hall–Kier alpha value is -1.96. The lowest BCUT2D eigenvalue weighted by atomic mass is 9.98. The Morgan fingerprint density at radius 2 is 1.85 bits per heavy atom. The van der Waals surface area contributed by atoms with Crippen LogP contribution >= 0.6 is 0 Å². The molecular weight excluding hydrogens is 334 g/mol. The fourth-order valence-electron chi connectivity index (χ4n) is 3.76. The first kappa shape index (κ1) is 18.8. The summed E-state index contributed by atoms with van der Waals surface area (Å²) < 4.78 is 0. The summed E-state index contributed by atoms with van der Waals surface area (Å²) in [6.45, 7) is 1.52. The molecule has 7 heteroatoms. The van der Waals surface area contributed by atoms with E-state index >= 15 is 0 Å². The molecule has 7 nitrogen and oxygen atoms in total. The fraction of sp³-hybridized carbons (Fsp3) is 0.579. The normalized spacial score (nSPS) is 20.0. The SMILES string of the molecule is O=C(O)c1ccc(CCCN2NCC(=O)N2CCC2(O)CCCC2)cc1. The van der Waals surface area contributed by atoms with Crippen LogP contribution in [-0.2, 0) is 11.2 Å². The molecule has 1 heterocycles. The minimum Gasteiger partial charge on any atom is -0.478 e. The molecule has 0 bridgehead atoms. The predicted molar refractivity (Wildman–Crippen MR) is 96.2 cm³/mol. The van der Waals surface area contributed by atoms with Gasteiger partial charge in [-0.3, -0.25) is 9.80 Å². The highest BCUT2D eigenvalue weighted by Crippen LogP contribution is 2.32. The molecule has 1 amide bonds. The lowest BCUT2D eigenvalue weighted by molar-refractivity contribution is -0.140. The number of amides is 1. The first-order chi connectivity index (χ1) is 12.5. The smallest absolute Gasteiger partial charge is 0.335 e. The zero-order valence-corrected chi connectivity index (χ0v) is 15.0. The van der Waals surface area contributed by atoms with Gasteiger partial charge in [-0.1, -0.05) is 25.0 Å². The molecule has 1 aromatic carbocycles. The Morgan fingerprint density at radius 3 is 2.50 bits per heavy atom. The van der Waals surface area contributed by atoms with E-state index in [1.807, 2.05) is 17.3 Å². The molecule has 1 aliphatic heterocycles. The van der Waals surface area contributed by atoms with Crippen LogP contribution in [0.3, 0.4) is 0 Å². The summed E-state index contributed by atoms with van der Waals surface area (Å²) in [5.74, 6) is -0.881. The molecule has 1 aromatic rings. The molecule has 2 aliphatic rings. The highest BCUT2D eigenvalue weighted by molar-refractivity contribution is 5.87. The lowest BCUT2D eigenvalue weighted by Crippen LogP contribution is -2.46. The van der Waals surface area contributed by atoms with Gasteiger partial charge in [-0.25, -0.2) is 10.2 Å². The van der Waals surface area contributed by atoms with Gasteiger partial charge in [0.25, 0.3) is 5.91 Å². The summed E-state index contributed by atoms with van der Waals surface area (Å²) in [5, 5.41) is 23.0. The average Bonchev–Trinajstić information content (AvgIpc) is 3.20. The Balaban J connectivity index is 1.46. The van der Waals surface area contributed by atoms with E-state index < -0.39 is 11.6 Å². The summed E-state index contributed by atoms with van der Waals surface area (Å²) in [5.41, 5.74) is 3.86. The number of hydrogen-bond acceptors (Lipinski definition) is 5. The third kappa shape index (κ3) is 4.60. The Bertz CT molecular complexity index is 641. The van der Waals surface area contributed by atoms with Crippen LogP contribution in [0, 0.1) is 0 Å². The van der Waals surface area contributed by atoms with Gasteiger partial charge >= 0.3 is 5.97 Å². The molecule has 1 aliphatic carbocycles. The van der Waals surface area contributed by atoms with Crippen molar-refractivity contribution in [2.24, 2.45) is 0 Å². The van der Waals surface area contributed by atoms with Crippen LogP contribution in [0.2, 0.25) is 0 Å². The maximum absolute atomic E-state index is 12.1. The fourth-order valence-corrected chi connectivity index (χ4v) is 3.76. The summed E-state index contributed by atoms with van der Waals surface area (Å²) in [6, 6.07) is 6.90. The van der Waals surface area contributed by atoms with Crippen LogP contribution in [0.15, 0.2) is 24.3 Å². The summed E-state index contributed by atoms with van der Waals surface area (Å²) in [4.78, 5) is 23.0. The van der Waals surface area contributed by atoms with Crippen molar-refractivity contribution in [3.8, 4) is 0 Å². The summed E-state index contributed by atoms with van der Waals surface area (Å²) >= 11 is 0. The number of carboxylic acid groups (broad SMARTS) is 1. The predicted octanol–water partition coefficient (Wildman–Crippen LogP) is 1.58. The van der Waals surface area contributed by atoms with E-state index in [-0.39, 0.29) is 11.5 Å². The molecule has 0 atom stereocenters. The molecule has 1 saturated carbocycles. The topological polar surface area (TPSA) is 93.1 Å². The van der Waals surface area contributed by atoms with Crippen LogP contribution in [0.1, 0.15) is 54.4 Å². The number of carbonyl (C=O) groups is 2. The maximum Gasteiger partial charge on any atom is 0.335 e. The van der Waals surface area contributed by atoms with Gasteiger partial charge in [-0.2, -0.15) is 5.12 Å². The van der Waals surface area contributed by atoms with Crippen molar-refractivity contribution >= 4 is 11.9 Å². The molecule has 1 saturated heterocycles. The van der Waals surface area contributed by atoms with E-state index in [1.165, 1.54) is 0 Å². The third-order valence-electron chi connectivity index (χ3n) is 5.35. The number of aliphatic hydroxyl groups is 1. The van der Waals surface area contributed by atoms with Crippen molar-refractivity contribution in [3.63, 3.8) is 0 Å². The quantitative estimate of drug-likeness (QED) is 0.651. The van der Waals surface area contributed by atoms with E-state index in [9.17, 15) is 14.7 Å². The highest BCUT2D eigenvalue weighted by atomic mass is 16.4. The Morgan fingerprint density at radius 1 is 1.15 bits per heavy atom. The maximum atomic E-state index is 12.1. The minimum atomic E-state index is -0.920. The molecule has 0 aromatic heterocycles. The van der Waals surface area contributed by atoms with Crippen molar-refractivity contribution < 1.29 is 19.8 Å². The van der Waals surface area contributed by atoms with Gasteiger partial charge in [0.1, 0.15) is 0 Å². The first-order valence-electron chi connectivity index (χ1n) is 9.33. The molecule has 2 fully saturated rings. The van der Waals surface area contributed by atoms with Crippen LogP contribution in [-0.4, -0.2) is 57.5 Å². The van der Waals surface area contributed by atoms with Crippen LogP contribution < -0.4 is 5.43 Å². The Labute approximate surface area is 153 Å². The van der Waals surface area contributed by atoms with Crippen molar-refractivity contribution in [2.45, 2.75) is 50.5 Å². The van der Waals surface area contributed by atoms with E-state index in [1.54, 1.807) is 17.1 Å². The number of nitrogens with one attached hydrogen (secondary N) is 1. The van der Waals surface area contributed by atoms with Gasteiger partial charge in [0.2, 0.25) is 0 Å². The number of carboxylic acids is 1. The molecule has 3 rings (SSSR count). The second-order valence-corrected chi connectivity index (χ2v) is 7.26. The van der Waals surface area contributed by atoms with Crippen molar-refractivity contribution in [1.82, 2.24) is 15.6 Å². The van der Waals surface area contributed by atoms with E-state index in [0.29, 0.717) is 26.1 Å². The molecule has 26 heavy (non-hydrogen) atoms. The third-order valence-corrected chi connectivity index (χ3v) is 5.35. The number of carbonyl (C=O) groups excluding carboxylic acids is 1. The standard InChI is InChI=1S/C19H27N3O4/c23-17-14-20-22(21(17)13-11-19(26)9-1-2-10-19)12-3-4-15-5-7-16(8-6-15)18(24)25/h5-8,20,26H,1-4,9-14H2,(H,24,25). The number of rotatable bonds is 8. The molecule has 3 N–H and O–H groups in total. The summed E-state index contributed by atoms with van der Waals surface area (Å²) in [7, 11) is 0. The number of aromatic carboxylic acids is 1. The number of nitrogens with zero attached hydrogens (tertiary/aromatic N) is 2. The van der Waals surface area contributed by atoms with E-state index in [4.69, 9.17) is 5.11 Å². The van der Waals surface area contributed by atoms with E-state index in [0.717, 1.165) is 44.1 Å². The van der Waals surface area contributed by atoms with Crippen LogP contribution in [0.5, 0.6) is 0 Å². The van der Waals surface area contributed by atoms with Gasteiger partial charge in [0, 0.05) is 13.1 Å². The van der Waals surface area contributed by atoms with Gasteiger partial charge in [-0.15, -0.1) is 0 Å². The van der Waals surface area contributed by atoms with Crippen molar-refractivity contribution in [3.05, 3.63) is 35.4 Å². The second kappa shape index (κ2) is 8.16. The zero-order valence-electron chi connectivity index (χ0n) is 15.0.